The van der Waals surface area contributed by atoms with Gasteiger partial charge in [0.1, 0.15) is 6.33 Å². The number of alkyl halides is 3. The molecule has 10 nitrogen and oxygen atoms in total. The van der Waals surface area contributed by atoms with E-state index in [1.165, 1.54) is 30.8 Å². The second-order valence-electron chi connectivity index (χ2n) is 11.2. The summed E-state index contributed by atoms with van der Waals surface area (Å²) in [5.41, 5.74) is -0.282. The third-order valence-electron chi connectivity index (χ3n) is 8.29. The van der Waals surface area contributed by atoms with Crippen molar-refractivity contribution in [3.63, 3.8) is 0 Å². The first-order valence-corrected chi connectivity index (χ1v) is 16.1. The summed E-state index contributed by atoms with van der Waals surface area (Å²) in [6.45, 7) is 9.83. The van der Waals surface area contributed by atoms with E-state index in [0.717, 1.165) is 36.8 Å². The van der Waals surface area contributed by atoms with Crippen molar-refractivity contribution in [3.8, 4) is 11.3 Å². The van der Waals surface area contributed by atoms with Crippen LogP contribution >= 0.6 is 11.3 Å². The van der Waals surface area contributed by atoms with Crippen LogP contribution in [0.4, 0.5) is 34.3 Å². The van der Waals surface area contributed by atoms with Gasteiger partial charge in [-0.3, -0.25) is 19.6 Å². The molecule has 2 fully saturated rings. The van der Waals surface area contributed by atoms with Crippen LogP contribution in [0.25, 0.3) is 11.3 Å². The van der Waals surface area contributed by atoms with Crippen LogP contribution in [0, 0.1) is 12.7 Å². The number of likely N-dealkylation sites (tertiary alicyclic amines) is 1. The average Bonchev–Trinajstić information content (AvgIpc) is 3.64. The van der Waals surface area contributed by atoms with Crippen molar-refractivity contribution in [3.05, 3.63) is 40.5 Å². The molecule has 5 rings (SSSR count). The Kier molecular flexibility index (Phi) is 10.5. The van der Waals surface area contributed by atoms with Crippen molar-refractivity contribution >= 4 is 34.1 Å². The van der Waals surface area contributed by atoms with Crippen molar-refractivity contribution in [2.24, 2.45) is 0 Å². The Morgan fingerprint density at radius 3 is 2.62 bits per heavy atom. The number of carbonyl (C=O) groups excluding carboxylic acids is 1. The predicted molar refractivity (Wildman–Crippen MR) is 164 cm³/mol. The number of aromatic nitrogens is 4. The Morgan fingerprint density at radius 1 is 1.13 bits per heavy atom. The monoisotopic (exact) mass is 650 g/mol. The van der Waals surface area contributed by atoms with Crippen LogP contribution in [0.5, 0.6) is 0 Å². The Balaban J connectivity index is 1.36. The number of aryl methyl sites for hydroxylation is 1. The summed E-state index contributed by atoms with van der Waals surface area (Å²) in [4.78, 5) is 35.7. The standard InChI is InChI=1S/C30H38F4N8O2S/c1-4-21-7-6-9-42(21)17-23-26(20-15-22(30(32,33)34)19(3)35-16-20)38-29(45-23)39-27-25(31)28(37-18-36-27)41-13-11-40(12-14-41)10-8-24(43)44-5-2/h15-16,18,21H,4-14,17H2,1-3H3,(H,36,37,38,39)/t21-/m1/s1. The Hall–Kier alpha value is -3.43. The highest BCUT2D eigenvalue weighted by molar-refractivity contribution is 7.16. The summed E-state index contributed by atoms with van der Waals surface area (Å²) in [7, 11) is 0. The van der Waals surface area contributed by atoms with E-state index in [1.54, 1.807) is 6.92 Å². The number of ether oxygens (including phenoxy) is 1. The number of anilines is 3. The second-order valence-corrected chi connectivity index (χ2v) is 12.3. The van der Waals surface area contributed by atoms with Gasteiger partial charge in [0.2, 0.25) is 5.82 Å². The lowest BCUT2D eigenvalue weighted by Gasteiger charge is -2.35. The molecule has 3 aromatic rings. The molecule has 0 spiro atoms. The van der Waals surface area contributed by atoms with Crippen LogP contribution in [-0.2, 0) is 22.3 Å². The molecular formula is C30H38F4N8O2S. The number of rotatable bonds is 11. The van der Waals surface area contributed by atoms with Crippen molar-refractivity contribution in [1.29, 1.82) is 0 Å². The maximum atomic E-state index is 15.8. The van der Waals surface area contributed by atoms with Crippen LogP contribution in [0.15, 0.2) is 18.6 Å². The second kappa shape index (κ2) is 14.3. The largest absolute Gasteiger partial charge is 0.466 e. The van der Waals surface area contributed by atoms with E-state index < -0.39 is 17.6 Å². The average molecular weight is 651 g/mol. The summed E-state index contributed by atoms with van der Waals surface area (Å²) in [5.74, 6) is -0.800. The molecule has 2 saturated heterocycles. The van der Waals surface area contributed by atoms with Gasteiger partial charge in [0.25, 0.3) is 0 Å². The Labute approximate surface area is 263 Å². The van der Waals surface area contributed by atoms with E-state index in [2.05, 4.69) is 42.0 Å². The molecule has 0 aromatic carbocycles. The molecule has 5 heterocycles. The zero-order valence-corrected chi connectivity index (χ0v) is 26.5. The number of nitrogens with one attached hydrogen (secondary N) is 1. The first-order chi connectivity index (χ1) is 21.6. The molecular weight excluding hydrogens is 612 g/mol. The maximum absolute atomic E-state index is 15.8. The highest BCUT2D eigenvalue weighted by Gasteiger charge is 2.34. The van der Waals surface area contributed by atoms with E-state index in [4.69, 9.17) is 4.74 Å². The number of thiazole rings is 1. The van der Waals surface area contributed by atoms with Crippen molar-refractivity contribution in [2.75, 3.05) is 56.1 Å². The number of esters is 1. The summed E-state index contributed by atoms with van der Waals surface area (Å²) < 4.78 is 62.1. The third kappa shape index (κ3) is 7.87. The fourth-order valence-corrected chi connectivity index (χ4v) is 6.88. The normalized spacial score (nSPS) is 18.0. The van der Waals surface area contributed by atoms with Crippen molar-refractivity contribution in [2.45, 2.75) is 65.2 Å². The van der Waals surface area contributed by atoms with Crippen molar-refractivity contribution in [1.82, 2.24) is 29.7 Å². The fourth-order valence-electron chi connectivity index (χ4n) is 5.87. The molecule has 3 aromatic heterocycles. The number of halogens is 4. The summed E-state index contributed by atoms with van der Waals surface area (Å²) in [6.07, 6.45) is 1.51. The number of carbonyl (C=O) groups is 1. The highest BCUT2D eigenvalue weighted by Crippen LogP contribution is 2.39. The Morgan fingerprint density at radius 2 is 1.91 bits per heavy atom. The molecule has 15 heteroatoms. The summed E-state index contributed by atoms with van der Waals surface area (Å²) >= 11 is 1.27. The van der Waals surface area contributed by atoms with Crippen LogP contribution in [0.1, 0.15) is 55.7 Å². The van der Waals surface area contributed by atoms with E-state index in [9.17, 15) is 18.0 Å². The zero-order valence-electron chi connectivity index (χ0n) is 25.7. The minimum Gasteiger partial charge on any atom is -0.466 e. The molecule has 0 aliphatic carbocycles. The van der Waals surface area contributed by atoms with Gasteiger partial charge in [0.05, 0.1) is 24.3 Å². The number of piperazine rings is 1. The van der Waals surface area contributed by atoms with Gasteiger partial charge < -0.3 is 15.0 Å². The van der Waals surface area contributed by atoms with Crippen LogP contribution in [0.3, 0.4) is 0 Å². The van der Waals surface area contributed by atoms with Gasteiger partial charge in [-0.05, 0) is 45.7 Å². The molecule has 45 heavy (non-hydrogen) atoms. The fraction of sp³-hybridized carbons (Fsp3) is 0.567. The molecule has 2 aliphatic heterocycles. The minimum absolute atomic E-state index is 0.0674. The molecule has 244 valence electrons. The third-order valence-corrected chi connectivity index (χ3v) is 9.24. The molecule has 0 saturated carbocycles. The van der Waals surface area contributed by atoms with Gasteiger partial charge in [-0.2, -0.15) is 17.6 Å². The van der Waals surface area contributed by atoms with E-state index in [1.807, 2.05) is 4.90 Å². The van der Waals surface area contributed by atoms with E-state index in [-0.39, 0.29) is 28.9 Å². The van der Waals surface area contributed by atoms with Gasteiger partial charge in [-0.1, -0.05) is 18.3 Å². The van der Waals surface area contributed by atoms with Crippen LogP contribution in [0.2, 0.25) is 0 Å². The molecule has 1 atom stereocenters. The predicted octanol–water partition coefficient (Wildman–Crippen LogP) is 5.65. The van der Waals surface area contributed by atoms with E-state index >= 15 is 4.39 Å². The molecule has 2 aliphatic rings. The number of hydrogen-bond donors (Lipinski definition) is 1. The topological polar surface area (TPSA) is 99.6 Å². The van der Waals surface area contributed by atoms with Crippen LogP contribution < -0.4 is 10.2 Å². The lowest BCUT2D eigenvalue weighted by atomic mass is 10.1. The van der Waals surface area contributed by atoms with Gasteiger partial charge in [0, 0.05) is 67.6 Å². The van der Waals surface area contributed by atoms with E-state index in [0.29, 0.717) is 69.2 Å². The lowest BCUT2D eigenvalue weighted by Crippen LogP contribution is -2.47. The highest BCUT2D eigenvalue weighted by atomic mass is 32.1. The van der Waals surface area contributed by atoms with Crippen molar-refractivity contribution < 1.29 is 27.1 Å². The number of pyridine rings is 1. The van der Waals surface area contributed by atoms with Gasteiger partial charge in [-0.15, -0.1) is 0 Å². The minimum atomic E-state index is -4.56. The molecule has 0 bridgehead atoms. The molecule has 0 radical (unpaired) electrons. The smallest absolute Gasteiger partial charge is 0.418 e. The zero-order chi connectivity index (χ0) is 32.1. The number of nitrogens with zero attached hydrogens (tertiary/aromatic N) is 7. The summed E-state index contributed by atoms with van der Waals surface area (Å²) in [6, 6.07) is 1.47. The first-order valence-electron chi connectivity index (χ1n) is 15.3. The Bertz CT molecular complexity index is 1480. The number of hydrogen-bond acceptors (Lipinski definition) is 11. The summed E-state index contributed by atoms with van der Waals surface area (Å²) in [5, 5.41) is 3.29. The van der Waals surface area contributed by atoms with Gasteiger partial charge in [-0.25, -0.2) is 15.0 Å². The SMILES string of the molecule is CCOC(=O)CCN1CCN(c2ncnc(Nc3nc(-c4cnc(C)c(C(F)(F)F)c4)c(CN4CCC[C@H]4CC)s3)c2F)CC1. The van der Waals surface area contributed by atoms with Gasteiger partial charge >= 0.3 is 12.1 Å². The maximum Gasteiger partial charge on any atom is 0.418 e. The van der Waals surface area contributed by atoms with Gasteiger partial charge in [0.15, 0.2) is 16.8 Å². The molecule has 0 amide bonds. The molecule has 1 N–H and O–H groups in total. The quantitative estimate of drug-likeness (QED) is 0.207. The first kappa shape index (κ1) is 32.9. The van der Waals surface area contributed by atoms with Crippen LogP contribution in [-0.4, -0.2) is 87.6 Å². The lowest BCUT2D eigenvalue weighted by molar-refractivity contribution is -0.143. The molecule has 0 unspecified atom stereocenters.